The minimum Gasteiger partial charge on any atom is -0.481 e. The number of carbonyl (C=O) groups is 2. The fourth-order valence-corrected chi connectivity index (χ4v) is 3.23. The van der Waals surface area contributed by atoms with Gasteiger partial charge in [0.15, 0.2) is 0 Å². The summed E-state index contributed by atoms with van der Waals surface area (Å²) in [6, 6.07) is 3.62. The highest BCUT2D eigenvalue weighted by Gasteiger charge is 2.45. The van der Waals surface area contributed by atoms with E-state index in [2.05, 4.69) is 10.3 Å². The average Bonchev–Trinajstić information content (AvgIpc) is 2.57. The Labute approximate surface area is 146 Å². The molecule has 0 radical (unpaired) electrons. The van der Waals surface area contributed by atoms with Crippen LogP contribution in [0.5, 0.6) is 5.88 Å². The Balaban J connectivity index is 1.50. The van der Waals surface area contributed by atoms with Crippen LogP contribution in [0.15, 0.2) is 18.3 Å². The van der Waals surface area contributed by atoms with Gasteiger partial charge in [0.2, 0.25) is 11.8 Å². The molecule has 0 aromatic carbocycles. The Bertz CT molecular complexity index is 624. The van der Waals surface area contributed by atoms with Crippen molar-refractivity contribution in [1.82, 2.24) is 10.3 Å². The maximum atomic E-state index is 12.1. The number of hydrogen-bond acceptors (Lipinski definition) is 5. The molecule has 7 heteroatoms. The minimum atomic E-state index is -0.870. The molecule has 0 unspecified atom stereocenters. The molecule has 2 heterocycles. The Morgan fingerprint density at radius 1 is 1.36 bits per heavy atom. The second-order valence-electron chi connectivity index (χ2n) is 6.82. The minimum absolute atomic E-state index is 0.0405. The lowest BCUT2D eigenvalue weighted by Crippen LogP contribution is -2.42. The zero-order valence-electron chi connectivity index (χ0n) is 14.2. The molecular weight excluding hydrogens is 324 g/mol. The van der Waals surface area contributed by atoms with E-state index in [9.17, 15) is 14.7 Å². The first-order valence-electron chi connectivity index (χ1n) is 8.77. The summed E-state index contributed by atoms with van der Waals surface area (Å²) in [7, 11) is 0. The quantitative estimate of drug-likeness (QED) is 0.781. The summed E-state index contributed by atoms with van der Waals surface area (Å²) in [6.07, 6.45) is 5.53. The zero-order valence-corrected chi connectivity index (χ0v) is 14.2. The maximum absolute atomic E-state index is 12.1. The van der Waals surface area contributed by atoms with Crippen molar-refractivity contribution in [2.75, 3.05) is 13.2 Å². The van der Waals surface area contributed by atoms with Crippen LogP contribution in [0.2, 0.25) is 0 Å². The van der Waals surface area contributed by atoms with Gasteiger partial charge < -0.3 is 19.9 Å². The Morgan fingerprint density at radius 3 is 2.76 bits per heavy atom. The van der Waals surface area contributed by atoms with Crippen molar-refractivity contribution in [3.05, 3.63) is 23.9 Å². The summed E-state index contributed by atoms with van der Waals surface area (Å²) < 4.78 is 11.2. The number of aliphatic carboxylic acids is 1. The standard InChI is InChI=1S/C18H24N2O5/c21-15(11-18(17(22)23)5-1-6-18)20-12-13-2-7-19-16(10-13)25-14-3-8-24-9-4-14/h2,7,10,14H,1,3-6,8-9,11-12H2,(H,20,21)(H,22,23). The predicted molar refractivity (Wildman–Crippen MR) is 89.1 cm³/mol. The Hall–Kier alpha value is -2.15. The lowest BCUT2D eigenvalue weighted by molar-refractivity contribution is -0.157. The highest BCUT2D eigenvalue weighted by molar-refractivity contribution is 5.85. The van der Waals surface area contributed by atoms with E-state index in [1.165, 1.54) is 0 Å². The van der Waals surface area contributed by atoms with E-state index < -0.39 is 11.4 Å². The molecule has 0 spiro atoms. The van der Waals surface area contributed by atoms with Gasteiger partial charge in [0.25, 0.3) is 0 Å². The van der Waals surface area contributed by atoms with Crippen molar-refractivity contribution in [2.24, 2.45) is 5.41 Å². The Kier molecular flexibility index (Phi) is 5.53. The third-order valence-electron chi connectivity index (χ3n) is 5.01. The molecule has 1 saturated carbocycles. The van der Waals surface area contributed by atoms with Gasteiger partial charge in [-0.05, 0) is 24.5 Å². The highest BCUT2D eigenvalue weighted by Crippen LogP contribution is 2.44. The van der Waals surface area contributed by atoms with Crippen LogP contribution >= 0.6 is 0 Å². The monoisotopic (exact) mass is 348 g/mol. The second kappa shape index (κ2) is 7.82. The topological polar surface area (TPSA) is 97.8 Å². The van der Waals surface area contributed by atoms with Gasteiger partial charge in [-0.25, -0.2) is 4.98 Å². The molecule has 0 bridgehead atoms. The van der Waals surface area contributed by atoms with Gasteiger partial charge in [0.1, 0.15) is 6.10 Å². The number of rotatable bonds is 7. The number of nitrogens with zero attached hydrogens (tertiary/aromatic N) is 1. The first-order chi connectivity index (χ1) is 12.1. The summed E-state index contributed by atoms with van der Waals surface area (Å²) in [6.45, 7) is 1.73. The molecule has 1 aromatic rings. The number of carboxylic acids is 1. The molecule has 2 fully saturated rings. The first-order valence-corrected chi connectivity index (χ1v) is 8.77. The van der Waals surface area contributed by atoms with Crippen molar-refractivity contribution in [3.8, 4) is 5.88 Å². The summed E-state index contributed by atoms with van der Waals surface area (Å²) in [5.41, 5.74) is 0.0167. The van der Waals surface area contributed by atoms with Crippen LogP contribution in [0.4, 0.5) is 0 Å². The van der Waals surface area contributed by atoms with E-state index in [0.29, 0.717) is 38.5 Å². The molecule has 1 amide bonds. The molecule has 25 heavy (non-hydrogen) atoms. The summed E-state index contributed by atoms with van der Waals surface area (Å²) in [4.78, 5) is 27.6. The van der Waals surface area contributed by atoms with E-state index in [1.54, 1.807) is 6.20 Å². The summed E-state index contributed by atoms with van der Waals surface area (Å²) in [5.74, 6) is -0.560. The van der Waals surface area contributed by atoms with Gasteiger partial charge in [0.05, 0.1) is 18.6 Å². The molecule has 7 nitrogen and oxygen atoms in total. The molecule has 1 saturated heterocycles. The molecule has 136 valence electrons. The van der Waals surface area contributed by atoms with Crippen LogP contribution < -0.4 is 10.1 Å². The van der Waals surface area contributed by atoms with Gasteiger partial charge in [-0.15, -0.1) is 0 Å². The van der Waals surface area contributed by atoms with E-state index in [0.717, 1.165) is 24.8 Å². The summed E-state index contributed by atoms with van der Waals surface area (Å²) >= 11 is 0. The molecular formula is C18H24N2O5. The third-order valence-corrected chi connectivity index (χ3v) is 5.01. The van der Waals surface area contributed by atoms with Gasteiger partial charge in [-0.2, -0.15) is 0 Å². The van der Waals surface area contributed by atoms with Crippen LogP contribution in [-0.4, -0.2) is 41.3 Å². The zero-order chi connectivity index (χ0) is 17.7. The molecule has 1 aliphatic carbocycles. The number of hydrogen-bond donors (Lipinski definition) is 2. The first kappa shape index (κ1) is 17.7. The SMILES string of the molecule is O=C(CC1(C(=O)O)CCC1)NCc1ccnc(OC2CCOCC2)c1. The largest absolute Gasteiger partial charge is 0.481 e. The van der Waals surface area contributed by atoms with Crippen molar-refractivity contribution in [3.63, 3.8) is 0 Å². The van der Waals surface area contributed by atoms with Crippen LogP contribution in [-0.2, 0) is 20.9 Å². The van der Waals surface area contributed by atoms with Crippen molar-refractivity contribution in [2.45, 2.75) is 51.2 Å². The van der Waals surface area contributed by atoms with Crippen LogP contribution in [0, 0.1) is 5.41 Å². The maximum Gasteiger partial charge on any atom is 0.310 e. The lowest BCUT2D eigenvalue weighted by atomic mass is 9.66. The van der Waals surface area contributed by atoms with Gasteiger partial charge in [-0.3, -0.25) is 9.59 Å². The summed E-state index contributed by atoms with van der Waals surface area (Å²) in [5, 5.41) is 12.1. The Morgan fingerprint density at radius 2 is 2.12 bits per heavy atom. The predicted octanol–water partition coefficient (Wildman–Crippen LogP) is 1.90. The highest BCUT2D eigenvalue weighted by atomic mass is 16.5. The van der Waals surface area contributed by atoms with E-state index in [1.807, 2.05) is 12.1 Å². The van der Waals surface area contributed by atoms with E-state index in [4.69, 9.17) is 9.47 Å². The number of carboxylic acid groups (broad SMARTS) is 1. The molecule has 2 N–H and O–H groups in total. The second-order valence-corrected chi connectivity index (χ2v) is 6.82. The van der Waals surface area contributed by atoms with Gasteiger partial charge >= 0.3 is 5.97 Å². The third kappa shape index (κ3) is 4.48. The normalized spacial score (nSPS) is 19.7. The molecule has 3 rings (SSSR count). The number of carbonyl (C=O) groups excluding carboxylic acids is 1. The number of nitrogens with one attached hydrogen (secondary N) is 1. The smallest absolute Gasteiger partial charge is 0.310 e. The van der Waals surface area contributed by atoms with E-state index >= 15 is 0 Å². The fourth-order valence-electron chi connectivity index (χ4n) is 3.23. The van der Waals surface area contributed by atoms with Crippen LogP contribution in [0.3, 0.4) is 0 Å². The number of aromatic nitrogens is 1. The van der Waals surface area contributed by atoms with E-state index in [-0.39, 0.29) is 18.4 Å². The lowest BCUT2D eigenvalue weighted by Gasteiger charge is -2.36. The number of pyridine rings is 1. The molecule has 1 aromatic heterocycles. The van der Waals surface area contributed by atoms with Crippen molar-refractivity contribution < 1.29 is 24.2 Å². The van der Waals surface area contributed by atoms with Crippen LogP contribution in [0.25, 0.3) is 0 Å². The van der Waals surface area contributed by atoms with Crippen molar-refractivity contribution >= 4 is 11.9 Å². The van der Waals surface area contributed by atoms with Crippen molar-refractivity contribution in [1.29, 1.82) is 0 Å². The molecule has 1 aliphatic heterocycles. The average molecular weight is 348 g/mol. The van der Waals surface area contributed by atoms with Gasteiger partial charge in [-0.1, -0.05) is 6.42 Å². The molecule has 2 aliphatic rings. The van der Waals surface area contributed by atoms with Crippen LogP contribution in [0.1, 0.15) is 44.1 Å². The van der Waals surface area contributed by atoms with Gasteiger partial charge in [0, 0.05) is 38.1 Å². The molecule has 0 atom stereocenters. The number of amides is 1. The number of ether oxygens (including phenoxy) is 2. The fraction of sp³-hybridized carbons (Fsp3) is 0.611.